The predicted molar refractivity (Wildman–Crippen MR) is 301 cm³/mol. The standard InChI is InChI=1S/C58H95N9O8/c1-8-10-12-14-16-18-20-22-24-26-28-30-38-73-43-49(74-39-31-29-27-25-23-21-19-17-15-13-11-9-2)41-59-51(69)37-36-50(56(72)75-58(3,4)5)63-54(70)46-32-34-48(35-33-46)67(45-68)42-47-40-60-53-52(62-47)55(71)65-57(64-53)61-44-66(6)7/h32-35,40,44-45,49-50H,8-31,36-39,41-43H2,1-7H3,(H,59,69)(H,63,70)(H,60,64,65,71)/t49?,50-/m0/s1. The first kappa shape index (κ1) is 64.0. The molecule has 2 aromatic heterocycles. The Morgan fingerprint density at radius 1 is 0.760 bits per heavy atom. The lowest BCUT2D eigenvalue weighted by Crippen LogP contribution is -2.45. The van der Waals surface area contributed by atoms with Crippen molar-refractivity contribution in [3.05, 3.63) is 52.1 Å². The fourth-order valence-corrected chi connectivity index (χ4v) is 8.49. The number of amides is 3. The van der Waals surface area contributed by atoms with Crippen LogP contribution in [0.25, 0.3) is 11.2 Å². The number of aliphatic imine (C=N–C) groups is 1. The molecule has 75 heavy (non-hydrogen) atoms. The lowest BCUT2D eigenvalue weighted by molar-refractivity contribution is -0.157. The molecule has 3 N–H and O–H groups in total. The maximum absolute atomic E-state index is 13.6. The fraction of sp³-hybridized carbons (Fsp3) is 0.707. The van der Waals surface area contributed by atoms with Gasteiger partial charge in [0, 0.05) is 51.5 Å². The second-order valence-corrected chi connectivity index (χ2v) is 21.2. The number of unbranched alkanes of at least 4 members (excludes halogenated alkanes) is 22. The molecule has 2 atom stereocenters. The van der Waals surface area contributed by atoms with Crippen molar-refractivity contribution in [2.45, 2.75) is 226 Å². The third kappa shape index (κ3) is 29.0. The van der Waals surface area contributed by atoms with Crippen LogP contribution < -0.4 is 21.1 Å². The van der Waals surface area contributed by atoms with E-state index in [4.69, 9.17) is 14.2 Å². The molecule has 0 aliphatic heterocycles. The molecule has 0 spiro atoms. The molecule has 2 heterocycles. The van der Waals surface area contributed by atoms with Gasteiger partial charge in [-0.15, -0.1) is 0 Å². The van der Waals surface area contributed by atoms with Crippen LogP contribution in [0.2, 0.25) is 0 Å². The van der Waals surface area contributed by atoms with Gasteiger partial charge in [-0.2, -0.15) is 4.98 Å². The Morgan fingerprint density at radius 3 is 1.84 bits per heavy atom. The summed E-state index contributed by atoms with van der Waals surface area (Å²) in [6, 6.07) is 5.08. The second-order valence-electron chi connectivity index (χ2n) is 21.2. The highest BCUT2D eigenvalue weighted by molar-refractivity contribution is 5.97. The van der Waals surface area contributed by atoms with Crippen molar-refractivity contribution in [1.82, 2.24) is 35.5 Å². The molecule has 0 aliphatic rings. The van der Waals surface area contributed by atoms with Gasteiger partial charge in [-0.25, -0.2) is 19.8 Å². The van der Waals surface area contributed by atoms with E-state index in [1.165, 1.54) is 158 Å². The number of carbonyl (C=O) groups excluding carboxylic acids is 4. The summed E-state index contributed by atoms with van der Waals surface area (Å²) in [5.74, 6) is -1.43. The maximum atomic E-state index is 13.6. The van der Waals surface area contributed by atoms with Crippen molar-refractivity contribution in [1.29, 1.82) is 0 Å². The monoisotopic (exact) mass is 1050 g/mol. The minimum absolute atomic E-state index is 0.000907. The molecule has 0 aliphatic carbocycles. The van der Waals surface area contributed by atoms with Crippen LogP contribution in [0.15, 0.2) is 40.2 Å². The third-order valence-electron chi connectivity index (χ3n) is 12.8. The minimum Gasteiger partial charge on any atom is -0.458 e. The van der Waals surface area contributed by atoms with E-state index in [2.05, 4.69) is 49.4 Å². The Labute approximate surface area is 448 Å². The van der Waals surface area contributed by atoms with E-state index in [1.807, 2.05) is 0 Å². The number of aromatic amines is 1. The molecular weight excluding hydrogens is 951 g/mol. The quantitative estimate of drug-likeness (QED) is 0.0159. The number of nitrogens with zero attached hydrogens (tertiary/aromatic N) is 6. The lowest BCUT2D eigenvalue weighted by atomic mass is 10.1. The Morgan fingerprint density at radius 2 is 1.31 bits per heavy atom. The Bertz CT molecular complexity index is 2140. The van der Waals surface area contributed by atoms with E-state index < -0.39 is 29.1 Å². The molecule has 0 saturated carbocycles. The summed E-state index contributed by atoms with van der Waals surface area (Å²) < 4.78 is 18.1. The number of aromatic nitrogens is 4. The number of esters is 1. The van der Waals surface area contributed by atoms with Crippen molar-refractivity contribution in [3.63, 3.8) is 0 Å². The predicted octanol–water partition coefficient (Wildman–Crippen LogP) is 11.2. The zero-order valence-corrected chi connectivity index (χ0v) is 47.1. The number of ether oxygens (including phenoxy) is 3. The summed E-state index contributed by atoms with van der Waals surface area (Å²) in [7, 11) is 3.57. The van der Waals surface area contributed by atoms with Crippen molar-refractivity contribution in [2.24, 2.45) is 4.99 Å². The van der Waals surface area contributed by atoms with Crippen LogP contribution in [-0.2, 0) is 35.1 Å². The van der Waals surface area contributed by atoms with Gasteiger partial charge in [-0.3, -0.25) is 24.2 Å². The van der Waals surface area contributed by atoms with Gasteiger partial charge < -0.3 is 34.6 Å². The number of H-pyrrole nitrogens is 1. The molecule has 3 amide bonds. The molecule has 420 valence electrons. The van der Waals surface area contributed by atoms with Gasteiger partial charge in [-0.05, 0) is 64.3 Å². The molecule has 17 nitrogen and oxygen atoms in total. The average molecular weight is 1050 g/mol. The summed E-state index contributed by atoms with van der Waals surface area (Å²) in [6.45, 7) is 11.6. The Balaban J connectivity index is 1.53. The molecule has 3 rings (SSSR count). The van der Waals surface area contributed by atoms with Crippen LogP contribution in [-0.4, -0.2) is 114 Å². The second kappa shape index (κ2) is 38.3. The summed E-state index contributed by atoms with van der Waals surface area (Å²) in [5, 5.41) is 5.76. The topological polar surface area (TPSA) is 210 Å². The molecule has 1 aromatic carbocycles. The normalized spacial score (nSPS) is 12.5. The number of rotatable bonds is 43. The number of benzene rings is 1. The van der Waals surface area contributed by atoms with Crippen LogP contribution in [0.4, 0.5) is 11.6 Å². The first-order chi connectivity index (χ1) is 36.2. The van der Waals surface area contributed by atoms with Gasteiger partial charge >= 0.3 is 5.97 Å². The fourth-order valence-electron chi connectivity index (χ4n) is 8.49. The zero-order chi connectivity index (χ0) is 54.5. The molecule has 0 radical (unpaired) electrons. The SMILES string of the molecule is CCCCCCCCCCCCCCOCC(CNC(=O)CC[C@H](NC(=O)c1ccc(N(C=O)Cc2cnc3nc(N=CN(C)C)[nH]c(=O)c3n2)cc1)C(=O)OC(C)(C)C)OCCCCCCCCCCCCCC. The van der Waals surface area contributed by atoms with Gasteiger partial charge in [-0.1, -0.05) is 155 Å². The highest BCUT2D eigenvalue weighted by Crippen LogP contribution is 2.19. The van der Waals surface area contributed by atoms with Crippen LogP contribution in [0.3, 0.4) is 0 Å². The molecular formula is C58H95N9O8. The first-order valence-corrected chi connectivity index (χ1v) is 28.5. The summed E-state index contributed by atoms with van der Waals surface area (Å²) in [6.07, 6.45) is 33.6. The Kier molecular flexibility index (Phi) is 32.7. The van der Waals surface area contributed by atoms with Crippen molar-refractivity contribution in [2.75, 3.05) is 45.4 Å². The van der Waals surface area contributed by atoms with Crippen molar-refractivity contribution in [3.8, 4) is 0 Å². The third-order valence-corrected chi connectivity index (χ3v) is 12.8. The van der Waals surface area contributed by atoms with Gasteiger partial charge in [0.2, 0.25) is 18.3 Å². The molecule has 3 aromatic rings. The number of anilines is 1. The van der Waals surface area contributed by atoms with E-state index in [0.29, 0.717) is 37.6 Å². The molecule has 0 bridgehead atoms. The van der Waals surface area contributed by atoms with Crippen molar-refractivity contribution >= 4 is 53.3 Å². The maximum Gasteiger partial charge on any atom is 0.329 e. The minimum atomic E-state index is -1.12. The summed E-state index contributed by atoms with van der Waals surface area (Å²) in [5.41, 5.74) is -0.283. The highest BCUT2D eigenvalue weighted by Gasteiger charge is 2.28. The zero-order valence-electron chi connectivity index (χ0n) is 47.1. The lowest BCUT2D eigenvalue weighted by Gasteiger charge is -2.25. The van der Waals surface area contributed by atoms with E-state index in [1.54, 1.807) is 51.9 Å². The largest absolute Gasteiger partial charge is 0.458 e. The van der Waals surface area contributed by atoms with Crippen LogP contribution >= 0.6 is 0 Å². The van der Waals surface area contributed by atoms with Gasteiger partial charge in [0.1, 0.15) is 11.6 Å². The van der Waals surface area contributed by atoms with E-state index >= 15 is 0 Å². The number of hydrogen-bond acceptors (Lipinski definition) is 12. The first-order valence-electron chi connectivity index (χ1n) is 28.5. The Hall–Kier alpha value is -5.29. The van der Waals surface area contributed by atoms with E-state index in [9.17, 15) is 24.0 Å². The molecule has 17 heteroatoms. The summed E-state index contributed by atoms with van der Waals surface area (Å²) in [4.78, 5) is 88.1. The van der Waals surface area contributed by atoms with Crippen LogP contribution in [0.1, 0.15) is 218 Å². The molecule has 1 unspecified atom stereocenters. The number of hydrogen-bond donors (Lipinski definition) is 3. The van der Waals surface area contributed by atoms with Gasteiger partial charge in [0.25, 0.3) is 11.5 Å². The van der Waals surface area contributed by atoms with Gasteiger partial charge in [0.15, 0.2) is 11.2 Å². The number of carbonyl (C=O) groups is 4. The number of nitrogens with one attached hydrogen (secondary N) is 3. The smallest absolute Gasteiger partial charge is 0.329 e. The molecule has 0 saturated heterocycles. The van der Waals surface area contributed by atoms with Crippen LogP contribution in [0.5, 0.6) is 0 Å². The number of fused-ring (bicyclic) bond motifs is 1. The highest BCUT2D eigenvalue weighted by atomic mass is 16.6. The van der Waals surface area contributed by atoms with Crippen molar-refractivity contribution < 1.29 is 33.4 Å². The average Bonchev–Trinajstić information content (AvgIpc) is 3.38. The molecule has 0 fully saturated rings. The van der Waals surface area contributed by atoms with E-state index in [0.717, 1.165) is 25.7 Å². The van der Waals surface area contributed by atoms with Gasteiger partial charge in [0.05, 0.1) is 37.5 Å². The van der Waals surface area contributed by atoms with E-state index in [-0.39, 0.29) is 60.6 Å². The van der Waals surface area contributed by atoms with Crippen LogP contribution in [0, 0.1) is 0 Å². The summed E-state index contributed by atoms with van der Waals surface area (Å²) >= 11 is 0.